The molecule has 0 spiro atoms. The number of nitrogens with zero attached hydrogens (tertiary/aromatic N) is 1. The molecule has 1 heterocycles. The molecule has 0 saturated heterocycles. The molecule has 1 aromatic rings. The predicted octanol–water partition coefficient (Wildman–Crippen LogP) is 1.95. The Labute approximate surface area is 145 Å². The van der Waals surface area contributed by atoms with Gasteiger partial charge >= 0.3 is 5.97 Å². The maximum absolute atomic E-state index is 12.7. The van der Waals surface area contributed by atoms with Crippen LogP contribution in [0.1, 0.15) is 25.0 Å². The van der Waals surface area contributed by atoms with Gasteiger partial charge in [0.2, 0.25) is 5.91 Å². The number of carbonyl (C=O) groups is 3. The van der Waals surface area contributed by atoms with Crippen LogP contribution >= 0.6 is 11.8 Å². The fraction of sp³-hybridized carbons (Fsp3) is 0.471. The molecule has 1 aromatic carbocycles. The summed E-state index contributed by atoms with van der Waals surface area (Å²) in [5, 5.41) is 9.47. The van der Waals surface area contributed by atoms with Crippen molar-refractivity contribution in [1.82, 2.24) is 4.90 Å². The molecular weight excluding hydrogens is 330 g/mol. The third-order valence-electron chi connectivity index (χ3n) is 4.07. The Hall–Kier alpha value is -2.02. The summed E-state index contributed by atoms with van der Waals surface area (Å²) < 4.78 is 5.18. The standard InChI is InChI=1S/C17H21NO5S/c1-10(9-24-11(2)19)16(20)18-8-12-4-5-14(23-3)6-13(12)7-15(18)17(21)22/h4-6,10,15H,7-9H2,1-3H3,(H,21,22). The van der Waals surface area contributed by atoms with Crippen molar-refractivity contribution in [1.29, 1.82) is 0 Å². The van der Waals surface area contributed by atoms with E-state index < -0.39 is 17.9 Å². The lowest BCUT2D eigenvalue weighted by molar-refractivity contribution is -0.152. The number of benzene rings is 1. The SMILES string of the molecule is COc1ccc2c(c1)CC(C(=O)O)N(C(=O)C(C)CSC(C)=O)C2. The second kappa shape index (κ2) is 7.70. The van der Waals surface area contributed by atoms with E-state index in [1.807, 2.05) is 12.1 Å². The molecule has 0 saturated carbocycles. The van der Waals surface area contributed by atoms with Gasteiger partial charge < -0.3 is 14.7 Å². The molecule has 0 aromatic heterocycles. The molecular formula is C17H21NO5S. The van der Waals surface area contributed by atoms with Gasteiger partial charge in [0.25, 0.3) is 0 Å². The molecule has 1 aliphatic rings. The number of amides is 1. The highest BCUT2D eigenvalue weighted by Crippen LogP contribution is 2.28. The van der Waals surface area contributed by atoms with Crippen LogP contribution in [0.4, 0.5) is 0 Å². The van der Waals surface area contributed by atoms with Crippen molar-refractivity contribution in [2.45, 2.75) is 32.9 Å². The van der Waals surface area contributed by atoms with E-state index in [4.69, 9.17) is 4.74 Å². The topological polar surface area (TPSA) is 83.9 Å². The number of hydrogen-bond donors (Lipinski definition) is 1. The first-order valence-corrected chi connectivity index (χ1v) is 8.64. The third-order valence-corrected chi connectivity index (χ3v) is 5.14. The van der Waals surface area contributed by atoms with Crippen LogP contribution in [0.2, 0.25) is 0 Å². The van der Waals surface area contributed by atoms with Crippen LogP contribution in [0.25, 0.3) is 0 Å². The normalized spacial score (nSPS) is 17.8. The predicted molar refractivity (Wildman–Crippen MR) is 91.0 cm³/mol. The van der Waals surface area contributed by atoms with E-state index in [1.54, 1.807) is 20.1 Å². The van der Waals surface area contributed by atoms with Crippen molar-refractivity contribution in [3.05, 3.63) is 29.3 Å². The zero-order valence-corrected chi connectivity index (χ0v) is 14.8. The summed E-state index contributed by atoms with van der Waals surface area (Å²) >= 11 is 1.08. The van der Waals surface area contributed by atoms with Crippen LogP contribution in [0.15, 0.2) is 18.2 Å². The van der Waals surface area contributed by atoms with Crippen LogP contribution in [-0.4, -0.2) is 45.9 Å². The maximum Gasteiger partial charge on any atom is 0.326 e. The zero-order valence-electron chi connectivity index (χ0n) is 13.9. The van der Waals surface area contributed by atoms with E-state index in [9.17, 15) is 19.5 Å². The smallest absolute Gasteiger partial charge is 0.326 e. The van der Waals surface area contributed by atoms with Gasteiger partial charge in [0.15, 0.2) is 5.12 Å². The quantitative estimate of drug-likeness (QED) is 0.873. The van der Waals surface area contributed by atoms with Crippen molar-refractivity contribution in [3.8, 4) is 5.75 Å². The molecule has 0 fully saturated rings. The van der Waals surface area contributed by atoms with Gasteiger partial charge in [-0.05, 0) is 23.3 Å². The molecule has 1 amide bonds. The third kappa shape index (κ3) is 4.08. The van der Waals surface area contributed by atoms with E-state index in [0.29, 0.717) is 11.5 Å². The van der Waals surface area contributed by atoms with Crippen molar-refractivity contribution < 1.29 is 24.2 Å². The first-order chi connectivity index (χ1) is 11.3. The molecule has 0 radical (unpaired) electrons. The Morgan fingerprint density at radius 2 is 2.08 bits per heavy atom. The van der Waals surface area contributed by atoms with E-state index in [1.165, 1.54) is 11.8 Å². The van der Waals surface area contributed by atoms with Crippen LogP contribution in [0.3, 0.4) is 0 Å². The molecule has 1 aliphatic heterocycles. The van der Waals surface area contributed by atoms with E-state index in [0.717, 1.165) is 22.9 Å². The van der Waals surface area contributed by atoms with Crippen LogP contribution in [0.5, 0.6) is 5.75 Å². The van der Waals surface area contributed by atoms with Gasteiger partial charge in [0.05, 0.1) is 7.11 Å². The fourth-order valence-electron chi connectivity index (χ4n) is 2.73. The average molecular weight is 351 g/mol. The highest BCUT2D eigenvalue weighted by Gasteiger charge is 2.36. The fourth-order valence-corrected chi connectivity index (χ4v) is 3.36. The van der Waals surface area contributed by atoms with Crippen molar-refractivity contribution in [2.75, 3.05) is 12.9 Å². The Morgan fingerprint density at radius 1 is 1.38 bits per heavy atom. The highest BCUT2D eigenvalue weighted by atomic mass is 32.2. The Bertz CT molecular complexity index is 660. The van der Waals surface area contributed by atoms with Crippen LogP contribution in [0, 0.1) is 5.92 Å². The van der Waals surface area contributed by atoms with Crippen LogP contribution < -0.4 is 4.74 Å². The number of carboxylic acids is 1. The van der Waals surface area contributed by atoms with Crippen molar-refractivity contribution in [2.24, 2.45) is 5.92 Å². The lowest BCUT2D eigenvalue weighted by Crippen LogP contribution is -2.50. The molecule has 24 heavy (non-hydrogen) atoms. The van der Waals surface area contributed by atoms with Gasteiger partial charge in [-0.1, -0.05) is 24.8 Å². The lowest BCUT2D eigenvalue weighted by atomic mass is 9.92. The second-order valence-corrected chi connectivity index (χ2v) is 7.06. The number of methoxy groups -OCH3 is 1. The summed E-state index contributed by atoms with van der Waals surface area (Å²) in [6.07, 6.45) is 0.250. The van der Waals surface area contributed by atoms with Crippen molar-refractivity contribution >= 4 is 28.8 Å². The molecule has 2 atom stereocenters. The lowest BCUT2D eigenvalue weighted by Gasteiger charge is -2.36. The number of ether oxygens (including phenoxy) is 1. The summed E-state index contributed by atoms with van der Waals surface area (Å²) in [5.41, 5.74) is 1.81. The molecule has 0 aliphatic carbocycles. The second-order valence-electron chi connectivity index (χ2n) is 5.86. The van der Waals surface area contributed by atoms with Gasteiger partial charge in [-0.2, -0.15) is 0 Å². The summed E-state index contributed by atoms with van der Waals surface area (Å²) in [4.78, 5) is 36.8. The highest BCUT2D eigenvalue weighted by molar-refractivity contribution is 8.13. The number of aliphatic carboxylic acids is 1. The molecule has 0 bridgehead atoms. The molecule has 130 valence electrons. The summed E-state index contributed by atoms with van der Waals surface area (Å²) in [7, 11) is 1.56. The average Bonchev–Trinajstić information content (AvgIpc) is 2.56. The molecule has 1 N–H and O–H groups in total. The first kappa shape index (κ1) is 18.3. The number of carboxylic acid groups (broad SMARTS) is 1. The van der Waals surface area contributed by atoms with Crippen molar-refractivity contribution in [3.63, 3.8) is 0 Å². The van der Waals surface area contributed by atoms with E-state index in [2.05, 4.69) is 0 Å². The largest absolute Gasteiger partial charge is 0.497 e. The first-order valence-electron chi connectivity index (χ1n) is 7.66. The minimum Gasteiger partial charge on any atom is -0.497 e. The Kier molecular flexibility index (Phi) is 5.88. The van der Waals surface area contributed by atoms with Crippen LogP contribution in [-0.2, 0) is 27.3 Å². The molecule has 7 heteroatoms. The minimum absolute atomic E-state index is 0.0551. The number of thioether (sulfide) groups is 1. The minimum atomic E-state index is -1.02. The van der Waals surface area contributed by atoms with Gasteiger partial charge in [0.1, 0.15) is 11.8 Å². The molecule has 6 nitrogen and oxygen atoms in total. The Morgan fingerprint density at radius 3 is 2.67 bits per heavy atom. The number of carbonyl (C=O) groups excluding carboxylic acids is 2. The molecule has 2 rings (SSSR count). The maximum atomic E-state index is 12.7. The summed E-state index contributed by atoms with van der Waals surface area (Å²) in [6, 6.07) is 4.59. The van der Waals surface area contributed by atoms with Gasteiger partial charge in [-0.15, -0.1) is 0 Å². The van der Waals surface area contributed by atoms with Gasteiger partial charge in [-0.3, -0.25) is 9.59 Å². The van der Waals surface area contributed by atoms with Gasteiger partial charge in [0, 0.05) is 31.6 Å². The monoisotopic (exact) mass is 351 g/mol. The summed E-state index contributed by atoms with van der Waals surface area (Å²) in [5.74, 6) is -0.655. The Balaban J connectivity index is 2.22. The number of fused-ring (bicyclic) bond motifs is 1. The number of hydrogen-bond acceptors (Lipinski definition) is 5. The summed E-state index contributed by atoms with van der Waals surface area (Å²) in [6.45, 7) is 3.43. The van der Waals surface area contributed by atoms with Gasteiger partial charge in [-0.25, -0.2) is 4.79 Å². The number of rotatable bonds is 5. The van der Waals surface area contributed by atoms with E-state index >= 15 is 0 Å². The molecule has 2 unspecified atom stereocenters. The van der Waals surface area contributed by atoms with E-state index in [-0.39, 0.29) is 24.0 Å². The zero-order chi connectivity index (χ0) is 17.9.